The first-order valence-electron chi connectivity index (χ1n) is 9.57. The Morgan fingerprint density at radius 1 is 1.35 bits per heavy atom. The number of fused-ring (bicyclic) bond motifs is 2. The summed E-state index contributed by atoms with van der Waals surface area (Å²) in [6.07, 6.45) is 0.555. The third kappa shape index (κ3) is 3.13. The summed E-state index contributed by atoms with van der Waals surface area (Å²) in [5.74, 6) is -0.222. The van der Waals surface area contributed by atoms with Crippen LogP contribution >= 0.6 is 0 Å². The molecule has 3 aromatic heterocycles. The maximum Gasteiger partial charge on any atom is 0.315 e. The van der Waals surface area contributed by atoms with Crippen LogP contribution in [0.1, 0.15) is 12.6 Å². The number of nitrogen functional groups attached to an aromatic ring is 1. The number of quaternary nitrogens is 1. The predicted molar refractivity (Wildman–Crippen MR) is 110 cm³/mol. The van der Waals surface area contributed by atoms with E-state index < -0.39 is 29.1 Å². The van der Waals surface area contributed by atoms with Crippen molar-refractivity contribution in [2.45, 2.75) is 24.9 Å². The van der Waals surface area contributed by atoms with Gasteiger partial charge in [0, 0.05) is 11.8 Å². The zero-order chi connectivity index (χ0) is 21.7. The predicted octanol–water partition coefficient (Wildman–Crippen LogP) is -0.763. The standard InChI is InChI=1S/C19H19N7O5/c20-15-9-3-1-2-4-10(9)21-6-11(15)26(30)19-23-17-16(18(29)24-19)22-8-25(17)14-5-12(28)13(7-27)31-14/h1-4,6,8,12-14,26-28H,5,7H2,(H2,20,21)(H,23,24,29)/t12-,13+,14+/m0/s1. The van der Waals surface area contributed by atoms with Gasteiger partial charge in [0.1, 0.15) is 18.0 Å². The molecule has 12 heteroatoms. The van der Waals surface area contributed by atoms with E-state index in [0.717, 1.165) is 0 Å². The highest BCUT2D eigenvalue weighted by Gasteiger charge is 2.35. The van der Waals surface area contributed by atoms with Gasteiger partial charge >= 0.3 is 5.95 Å². The number of rotatable bonds is 4. The molecule has 1 aliphatic rings. The van der Waals surface area contributed by atoms with Gasteiger partial charge in [-0.25, -0.2) is 9.97 Å². The molecule has 6 N–H and O–H groups in total. The van der Waals surface area contributed by atoms with Crippen LogP contribution in [0.4, 0.5) is 17.3 Å². The lowest BCUT2D eigenvalue weighted by molar-refractivity contribution is -0.704. The molecule has 4 heterocycles. The van der Waals surface area contributed by atoms with Crippen molar-refractivity contribution in [3.8, 4) is 0 Å². The largest absolute Gasteiger partial charge is 0.621 e. The molecule has 5 rings (SSSR count). The fraction of sp³-hybridized carbons (Fsp3) is 0.263. The van der Waals surface area contributed by atoms with Crippen LogP contribution in [0.3, 0.4) is 0 Å². The Hall–Kier alpha value is -3.42. The molecule has 1 fully saturated rings. The number of hydrogen-bond acceptors (Lipinski definition) is 9. The van der Waals surface area contributed by atoms with E-state index in [1.54, 1.807) is 18.2 Å². The number of para-hydroxylation sites is 1. The summed E-state index contributed by atoms with van der Waals surface area (Å²) in [6.45, 7) is -0.351. The molecule has 0 amide bonds. The lowest BCUT2D eigenvalue weighted by Crippen LogP contribution is -2.97. The Kier molecular flexibility index (Phi) is 4.64. The second-order valence-corrected chi connectivity index (χ2v) is 7.29. The molecule has 4 atom stereocenters. The molecule has 1 aromatic carbocycles. The van der Waals surface area contributed by atoms with E-state index in [9.17, 15) is 20.2 Å². The first-order chi connectivity index (χ1) is 15.0. The number of aliphatic hydroxyl groups excluding tert-OH is 2. The molecule has 160 valence electrons. The van der Waals surface area contributed by atoms with Gasteiger partial charge in [-0.1, -0.05) is 18.2 Å². The monoisotopic (exact) mass is 425 g/mol. The van der Waals surface area contributed by atoms with E-state index in [1.165, 1.54) is 17.1 Å². The van der Waals surface area contributed by atoms with Crippen molar-refractivity contribution < 1.29 is 20.0 Å². The summed E-state index contributed by atoms with van der Waals surface area (Å²) < 4.78 is 7.08. The van der Waals surface area contributed by atoms with Gasteiger partial charge in [0.15, 0.2) is 16.9 Å². The average molecular weight is 425 g/mol. The zero-order valence-corrected chi connectivity index (χ0v) is 16.1. The number of anilines is 1. The number of aromatic nitrogens is 5. The molecule has 0 radical (unpaired) electrons. The van der Waals surface area contributed by atoms with Gasteiger partial charge < -0.3 is 25.9 Å². The normalized spacial score (nSPS) is 22.4. The number of pyridine rings is 1. The summed E-state index contributed by atoms with van der Waals surface area (Å²) >= 11 is 0. The molecule has 1 saturated heterocycles. The first kappa shape index (κ1) is 19.5. The highest BCUT2D eigenvalue weighted by atomic mass is 16.5. The minimum absolute atomic E-state index is 0.0201. The van der Waals surface area contributed by atoms with Crippen molar-refractivity contribution >= 4 is 39.4 Å². The Morgan fingerprint density at radius 2 is 2.16 bits per heavy atom. The molecule has 12 nitrogen and oxygen atoms in total. The van der Waals surface area contributed by atoms with Gasteiger partial charge in [-0.05, 0) is 6.07 Å². The zero-order valence-electron chi connectivity index (χ0n) is 16.1. The Morgan fingerprint density at radius 3 is 2.94 bits per heavy atom. The van der Waals surface area contributed by atoms with E-state index in [2.05, 4.69) is 19.9 Å². The van der Waals surface area contributed by atoms with Crippen molar-refractivity contribution in [1.82, 2.24) is 24.5 Å². The number of benzene rings is 1. The maximum absolute atomic E-state index is 13.1. The van der Waals surface area contributed by atoms with Gasteiger partial charge in [0.25, 0.3) is 5.56 Å². The average Bonchev–Trinajstić information content (AvgIpc) is 3.37. The summed E-state index contributed by atoms with van der Waals surface area (Å²) in [4.78, 5) is 27.6. The SMILES string of the molecule is Nc1c([NH+]([O-])c2nc3c(ncn3[C@H]3C[C@H](O)[C@@H](CO)O3)c(=O)[nH]2)cnc2ccccc12. The van der Waals surface area contributed by atoms with Crippen molar-refractivity contribution in [2.24, 2.45) is 0 Å². The number of nitrogens with one attached hydrogen (secondary N) is 2. The summed E-state index contributed by atoms with van der Waals surface area (Å²) in [5.41, 5.74) is 6.72. The molecule has 0 saturated carbocycles. The Balaban J connectivity index is 1.58. The number of aromatic amines is 1. The minimum Gasteiger partial charge on any atom is -0.621 e. The third-order valence-corrected chi connectivity index (χ3v) is 5.40. The molecule has 1 aliphatic heterocycles. The fourth-order valence-corrected chi connectivity index (χ4v) is 3.77. The number of aliphatic hydroxyl groups is 2. The summed E-state index contributed by atoms with van der Waals surface area (Å²) in [5, 5.41) is 32.5. The number of nitrogens with two attached hydrogens (primary N) is 1. The number of nitrogens with zero attached hydrogens (tertiary/aromatic N) is 4. The van der Waals surface area contributed by atoms with Crippen LogP contribution in [-0.4, -0.2) is 53.5 Å². The Bertz CT molecular complexity index is 1340. The molecular weight excluding hydrogens is 406 g/mol. The lowest BCUT2D eigenvalue weighted by atomic mass is 10.1. The smallest absolute Gasteiger partial charge is 0.315 e. The van der Waals surface area contributed by atoms with Crippen LogP contribution in [0, 0.1) is 5.21 Å². The molecule has 0 aliphatic carbocycles. The van der Waals surface area contributed by atoms with E-state index in [-0.39, 0.29) is 41.5 Å². The van der Waals surface area contributed by atoms with Gasteiger partial charge in [0.05, 0.1) is 30.8 Å². The van der Waals surface area contributed by atoms with Gasteiger partial charge in [-0.3, -0.25) is 19.4 Å². The maximum atomic E-state index is 13.1. The van der Waals surface area contributed by atoms with E-state index in [1.807, 2.05) is 6.07 Å². The van der Waals surface area contributed by atoms with Crippen LogP contribution in [-0.2, 0) is 4.74 Å². The minimum atomic E-state index is -0.876. The topological polar surface area (TPSA) is 180 Å². The van der Waals surface area contributed by atoms with Crippen LogP contribution in [0.25, 0.3) is 22.1 Å². The fourth-order valence-electron chi connectivity index (χ4n) is 3.77. The van der Waals surface area contributed by atoms with Crippen molar-refractivity contribution in [2.75, 3.05) is 12.3 Å². The first-order valence-corrected chi connectivity index (χ1v) is 9.57. The van der Waals surface area contributed by atoms with Gasteiger partial charge in [-0.15, -0.1) is 0 Å². The van der Waals surface area contributed by atoms with Gasteiger partial charge in [-0.2, -0.15) is 4.98 Å². The number of hydrogen-bond donors (Lipinski definition) is 5. The number of imidazole rings is 1. The van der Waals surface area contributed by atoms with Crippen LogP contribution in [0.2, 0.25) is 0 Å². The van der Waals surface area contributed by atoms with E-state index >= 15 is 0 Å². The highest BCUT2D eigenvalue weighted by Crippen LogP contribution is 2.30. The van der Waals surface area contributed by atoms with Crippen LogP contribution in [0.15, 0.2) is 41.6 Å². The quantitative estimate of drug-likeness (QED) is 0.263. The molecular formula is C19H19N7O5. The number of ether oxygens (including phenoxy) is 1. The third-order valence-electron chi connectivity index (χ3n) is 5.40. The van der Waals surface area contributed by atoms with Crippen molar-refractivity contribution in [3.05, 3.63) is 52.4 Å². The molecule has 31 heavy (non-hydrogen) atoms. The molecule has 0 bridgehead atoms. The van der Waals surface area contributed by atoms with E-state index in [0.29, 0.717) is 10.9 Å². The second kappa shape index (κ2) is 7.37. The Labute approximate surface area is 174 Å². The van der Waals surface area contributed by atoms with Crippen molar-refractivity contribution in [1.29, 1.82) is 0 Å². The molecule has 1 unspecified atom stereocenters. The molecule has 4 aromatic rings. The van der Waals surface area contributed by atoms with E-state index in [4.69, 9.17) is 10.5 Å². The van der Waals surface area contributed by atoms with Crippen LogP contribution in [0.5, 0.6) is 0 Å². The molecule has 0 spiro atoms. The number of H-pyrrole nitrogens is 1. The van der Waals surface area contributed by atoms with Crippen molar-refractivity contribution in [3.63, 3.8) is 0 Å². The lowest BCUT2D eigenvalue weighted by Gasteiger charge is -2.21. The van der Waals surface area contributed by atoms with Crippen LogP contribution < -0.4 is 16.4 Å². The summed E-state index contributed by atoms with van der Waals surface area (Å²) in [6, 6.07) is 7.13. The summed E-state index contributed by atoms with van der Waals surface area (Å²) in [7, 11) is 0. The second-order valence-electron chi connectivity index (χ2n) is 7.29. The highest BCUT2D eigenvalue weighted by molar-refractivity contribution is 5.94. The van der Waals surface area contributed by atoms with Gasteiger partial charge in [0.2, 0.25) is 0 Å².